The molecule has 6 rings (SSSR count). The van der Waals surface area contributed by atoms with Crippen LogP contribution in [0.3, 0.4) is 0 Å². The van der Waals surface area contributed by atoms with Gasteiger partial charge >= 0.3 is 0 Å². The zero-order valence-corrected chi connectivity index (χ0v) is 34.8. The molecule has 11 heteroatoms. The van der Waals surface area contributed by atoms with Crippen LogP contribution in [-0.4, -0.2) is 83.8 Å². The number of hydrogen-bond acceptors (Lipinski definition) is 10. The van der Waals surface area contributed by atoms with Crippen molar-refractivity contribution in [3.63, 3.8) is 0 Å². The van der Waals surface area contributed by atoms with E-state index in [2.05, 4.69) is 33.9 Å². The van der Waals surface area contributed by atoms with Crippen molar-refractivity contribution < 1.29 is 47.1 Å². The molecule has 0 amide bonds. The number of rotatable bonds is 17. The molecule has 0 radical (unpaired) electrons. The summed E-state index contributed by atoms with van der Waals surface area (Å²) in [5.41, 5.74) is 3.08. The van der Waals surface area contributed by atoms with Crippen molar-refractivity contribution >= 4 is 14.6 Å². The molecule has 0 bridgehead atoms. The number of hydrogen-bond donors (Lipinski definition) is 0. The van der Waals surface area contributed by atoms with E-state index >= 15 is 0 Å². The van der Waals surface area contributed by atoms with Gasteiger partial charge in [0.2, 0.25) is 0 Å². The van der Waals surface area contributed by atoms with Gasteiger partial charge in [0.15, 0.2) is 14.6 Å². The van der Waals surface area contributed by atoms with Crippen molar-refractivity contribution in [2.75, 3.05) is 20.3 Å². The van der Waals surface area contributed by atoms with E-state index in [-0.39, 0.29) is 48.1 Å². The molecule has 3 aliphatic rings. The predicted octanol–water partition coefficient (Wildman–Crippen LogP) is 8.49. The van der Waals surface area contributed by atoms with E-state index in [0.29, 0.717) is 45.7 Å². The molecule has 0 aliphatic carbocycles. The Labute approximate surface area is 333 Å². The van der Waals surface area contributed by atoms with Crippen molar-refractivity contribution in [1.29, 1.82) is 0 Å². The van der Waals surface area contributed by atoms with Gasteiger partial charge in [-0.3, -0.25) is 0 Å². The van der Waals surface area contributed by atoms with Crippen LogP contribution in [0.5, 0.6) is 5.75 Å². The molecule has 3 aromatic carbocycles. The van der Waals surface area contributed by atoms with Gasteiger partial charge in [0.25, 0.3) is 0 Å². The van der Waals surface area contributed by atoms with E-state index in [0.717, 1.165) is 28.7 Å². The highest BCUT2D eigenvalue weighted by Gasteiger charge is 2.47. The third kappa shape index (κ3) is 11.4. The molecule has 3 saturated heterocycles. The summed E-state index contributed by atoms with van der Waals surface area (Å²) < 4.78 is 57.3. The summed E-state index contributed by atoms with van der Waals surface area (Å²) in [6, 6.07) is 27.9. The molecule has 0 spiro atoms. The van der Waals surface area contributed by atoms with Crippen molar-refractivity contribution in [3.8, 4) is 5.75 Å². The standard InChI is InChI=1S/C45H60O10Si/c1-45(2,3)56(5,6)55-41-27-40-43(31-51-44(54-40)34-19-21-35(47-4)22-20-34)52-36(41)18-13-25-49-38-26-39(50-29-33-16-11-8-12-17-33)42(53-37(38)23-24-46)30-48-28-32-14-9-7-10-15-32/h7-17,19-22,24-25,36-44H,18,23,26-31H2,1-6H3/t36-,37+,38-,39+,40-,41+,42-,43+,44+/m0/s1. The Morgan fingerprint density at radius 1 is 0.750 bits per heavy atom. The highest BCUT2D eigenvalue weighted by molar-refractivity contribution is 6.74. The molecule has 3 aliphatic heterocycles. The van der Waals surface area contributed by atoms with Gasteiger partial charge in [-0.15, -0.1) is 0 Å². The Balaban J connectivity index is 1.11. The van der Waals surface area contributed by atoms with Gasteiger partial charge in [-0.1, -0.05) is 93.6 Å². The summed E-state index contributed by atoms with van der Waals surface area (Å²) in [7, 11) is -0.508. The maximum atomic E-state index is 11.8. The molecule has 0 N–H and O–H groups in total. The molecular formula is C45H60O10Si. The third-order valence-electron chi connectivity index (χ3n) is 11.4. The van der Waals surface area contributed by atoms with Crippen LogP contribution >= 0.6 is 0 Å². The Kier molecular flexibility index (Phi) is 15.0. The lowest BCUT2D eigenvalue weighted by atomic mass is 9.95. The molecule has 0 saturated carbocycles. The second-order valence-corrected chi connectivity index (χ2v) is 21.2. The molecule has 9 atom stereocenters. The smallest absolute Gasteiger partial charge is 0.192 e. The van der Waals surface area contributed by atoms with Crippen LogP contribution in [0.4, 0.5) is 0 Å². The average molecular weight is 789 g/mol. The Bertz CT molecular complexity index is 1650. The first-order chi connectivity index (χ1) is 27.0. The maximum Gasteiger partial charge on any atom is 0.192 e. The molecule has 0 unspecified atom stereocenters. The number of carbonyl (C=O) groups is 1. The zero-order valence-electron chi connectivity index (χ0n) is 33.8. The fraction of sp³-hybridized carbons (Fsp3) is 0.533. The molecule has 10 nitrogen and oxygen atoms in total. The van der Waals surface area contributed by atoms with E-state index in [4.69, 9.17) is 42.3 Å². The summed E-state index contributed by atoms with van der Waals surface area (Å²) in [4.78, 5) is 11.8. The second kappa shape index (κ2) is 19.8. The maximum absolute atomic E-state index is 11.8. The van der Waals surface area contributed by atoms with Crippen molar-refractivity contribution in [2.45, 2.75) is 133 Å². The van der Waals surface area contributed by atoms with Gasteiger partial charge in [-0.2, -0.15) is 0 Å². The van der Waals surface area contributed by atoms with Gasteiger partial charge in [0.1, 0.15) is 36.5 Å². The Morgan fingerprint density at radius 3 is 2.09 bits per heavy atom. The quantitative estimate of drug-likeness (QED) is 0.0753. The summed E-state index contributed by atoms with van der Waals surface area (Å²) in [6.45, 7) is 12.9. The van der Waals surface area contributed by atoms with E-state index in [9.17, 15) is 4.79 Å². The van der Waals surface area contributed by atoms with Gasteiger partial charge in [-0.05, 0) is 53.9 Å². The van der Waals surface area contributed by atoms with Gasteiger partial charge in [0.05, 0.1) is 64.2 Å². The van der Waals surface area contributed by atoms with E-state index < -0.39 is 26.8 Å². The summed E-state index contributed by atoms with van der Waals surface area (Å²) in [5, 5.41) is 0.0215. The average Bonchev–Trinajstić information content (AvgIpc) is 3.20. The van der Waals surface area contributed by atoms with E-state index in [1.165, 1.54) is 0 Å². The lowest BCUT2D eigenvalue weighted by Gasteiger charge is -2.48. The summed E-state index contributed by atoms with van der Waals surface area (Å²) >= 11 is 0. The minimum atomic E-state index is -2.16. The van der Waals surface area contributed by atoms with E-state index in [1.807, 2.05) is 91.0 Å². The molecule has 3 heterocycles. The van der Waals surface area contributed by atoms with Gasteiger partial charge in [-0.25, -0.2) is 0 Å². The monoisotopic (exact) mass is 788 g/mol. The van der Waals surface area contributed by atoms with Crippen LogP contribution in [0.1, 0.15) is 69.4 Å². The third-order valence-corrected chi connectivity index (χ3v) is 15.9. The highest BCUT2D eigenvalue weighted by Crippen LogP contribution is 2.42. The molecular weight excluding hydrogens is 729 g/mol. The molecule has 3 fully saturated rings. The first kappa shape index (κ1) is 42.2. The number of fused-ring (bicyclic) bond motifs is 1. The lowest BCUT2D eigenvalue weighted by molar-refractivity contribution is -0.300. The lowest BCUT2D eigenvalue weighted by Crippen LogP contribution is -2.57. The van der Waals surface area contributed by atoms with Crippen LogP contribution in [0.25, 0.3) is 0 Å². The van der Waals surface area contributed by atoms with Crippen LogP contribution in [0.2, 0.25) is 18.1 Å². The predicted molar refractivity (Wildman–Crippen MR) is 216 cm³/mol. The first-order valence-electron chi connectivity index (χ1n) is 19.9. The SMILES string of the molecule is COc1ccc([C@@H]2OC[C@H]3O[C@@H](CC=CO[C@H]4C[C@@H](OCc5ccccc5)[C@H](COCc5ccccc5)O[C@@H]4CC=O)[C@H](O[Si](C)(C)C(C)(C)C)C[C@@H]3O2)cc1. The van der Waals surface area contributed by atoms with Crippen molar-refractivity contribution in [2.24, 2.45) is 0 Å². The largest absolute Gasteiger partial charge is 0.497 e. The van der Waals surface area contributed by atoms with Crippen LogP contribution < -0.4 is 4.74 Å². The van der Waals surface area contributed by atoms with Crippen LogP contribution in [0, 0.1) is 0 Å². The van der Waals surface area contributed by atoms with Gasteiger partial charge in [0, 0.05) is 24.8 Å². The Morgan fingerprint density at radius 2 is 1.43 bits per heavy atom. The number of aldehydes is 1. The highest BCUT2D eigenvalue weighted by atomic mass is 28.4. The fourth-order valence-corrected chi connectivity index (χ4v) is 8.47. The van der Waals surface area contributed by atoms with Crippen LogP contribution in [0.15, 0.2) is 97.3 Å². The second-order valence-electron chi connectivity index (χ2n) is 16.4. The van der Waals surface area contributed by atoms with E-state index in [1.54, 1.807) is 13.4 Å². The minimum absolute atomic E-state index is 0.0215. The molecule has 304 valence electrons. The van der Waals surface area contributed by atoms with Gasteiger partial charge < -0.3 is 47.1 Å². The normalized spacial score (nSPS) is 28.4. The van der Waals surface area contributed by atoms with Crippen molar-refractivity contribution in [3.05, 3.63) is 114 Å². The molecule has 3 aromatic rings. The number of methoxy groups -OCH3 is 1. The number of benzene rings is 3. The fourth-order valence-electron chi connectivity index (χ4n) is 7.12. The molecule has 56 heavy (non-hydrogen) atoms. The summed E-state index contributed by atoms with van der Waals surface area (Å²) in [5.74, 6) is 0.783. The number of ether oxygens (including phenoxy) is 8. The number of carbonyl (C=O) groups excluding carboxylic acids is 1. The molecule has 0 aromatic heterocycles. The minimum Gasteiger partial charge on any atom is -0.497 e. The van der Waals surface area contributed by atoms with Crippen molar-refractivity contribution in [1.82, 2.24) is 0 Å². The van der Waals surface area contributed by atoms with Crippen LogP contribution in [-0.2, 0) is 55.6 Å². The summed E-state index contributed by atoms with van der Waals surface area (Å²) in [6.07, 6.45) is 3.80. The first-order valence-corrected chi connectivity index (χ1v) is 22.8. The topological polar surface area (TPSA) is 100 Å². The zero-order chi connectivity index (χ0) is 39.5. The Hall–Kier alpha value is -3.39.